The standard InChI is InChI=1S/C18H21F6N3O5/c1-9(15-26-27-16(31-15)13-4-10(13)7-30-17(19,20)21)2-3-25-14(28)8-29-11-5-12(6-11)32-18(22,23)24/h10-13H,1-8H2,(H,25,28)/t10-,11-,12+,13-/m0/s1. The molecule has 180 valence electrons. The lowest BCUT2D eigenvalue weighted by molar-refractivity contribution is -0.357. The number of alkyl halides is 6. The smallest absolute Gasteiger partial charge is 0.421 e. The molecule has 0 unspecified atom stereocenters. The molecule has 0 aromatic carbocycles. The molecule has 1 aromatic rings. The third-order valence-corrected chi connectivity index (χ3v) is 4.99. The van der Waals surface area contributed by atoms with Gasteiger partial charge in [0.25, 0.3) is 0 Å². The Labute approximate surface area is 178 Å². The lowest BCUT2D eigenvalue weighted by Gasteiger charge is -2.34. The van der Waals surface area contributed by atoms with Crippen LogP contribution in [0.1, 0.15) is 43.4 Å². The Morgan fingerprint density at radius 2 is 1.81 bits per heavy atom. The van der Waals surface area contributed by atoms with Crippen molar-refractivity contribution in [2.24, 2.45) is 5.92 Å². The van der Waals surface area contributed by atoms with E-state index >= 15 is 0 Å². The van der Waals surface area contributed by atoms with Crippen LogP contribution in [0.3, 0.4) is 0 Å². The van der Waals surface area contributed by atoms with Crippen LogP contribution in [0.4, 0.5) is 26.3 Å². The van der Waals surface area contributed by atoms with Crippen molar-refractivity contribution in [3.05, 3.63) is 18.4 Å². The number of carbonyl (C=O) groups excluding carboxylic acids is 1. The highest BCUT2D eigenvalue weighted by Crippen LogP contribution is 2.47. The van der Waals surface area contributed by atoms with Crippen LogP contribution in [0.2, 0.25) is 0 Å². The van der Waals surface area contributed by atoms with Gasteiger partial charge >= 0.3 is 12.7 Å². The molecule has 2 fully saturated rings. The lowest BCUT2D eigenvalue weighted by Crippen LogP contribution is -2.42. The maximum absolute atomic E-state index is 12.1. The molecule has 0 radical (unpaired) electrons. The first kappa shape index (κ1) is 24.5. The van der Waals surface area contributed by atoms with Gasteiger partial charge in [-0.1, -0.05) is 6.58 Å². The number of nitrogens with zero attached hydrogens (tertiary/aromatic N) is 2. The van der Waals surface area contributed by atoms with Crippen molar-refractivity contribution in [3.63, 3.8) is 0 Å². The zero-order valence-electron chi connectivity index (χ0n) is 16.7. The van der Waals surface area contributed by atoms with Gasteiger partial charge in [-0.3, -0.25) is 14.3 Å². The fraction of sp³-hybridized carbons (Fsp3) is 0.722. The van der Waals surface area contributed by atoms with Gasteiger partial charge in [-0.2, -0.15) is 0 Å². The molecule has 1 amide bonds. The van der Waals surface area contributed by atoms with Crippen molar-refractivity contribution in [1.82, 2.24) is 15.5 Å². The second-order valence-corrected chi connectivity index (χ2v) is 7.60. The second-order valence-electron chi connectivity index (χ2n) is 7.60. The van der Waals surface area contributed by atoms with Gasteiger partial charge < -0.3 is 14.5 Å². The molecule has 1 aromatic heterocycles. The molecule has 3 rings (SSSR count). The van der Waals surface area contributed by atoms with E-state index in [1.807, 2.05) is 0 Å². The van der Waals surface area contributed by atoms with Gasteiger partial charge in [0.2, 0.25) is 17.7 Å². The predicted molar refractivity (Wildman–Crippen MR) is 93.7 cm³/mol. The van der Waals surface area contributed by atoms with Crippen LogP contribution in [0.15, 0.2) is 11.0 Å². The van der Waals surface area contributed by atoms with Gasteiger partial charge in [0.15, 0.2) is 0 Å². The first-order valence-corrected chi connectivity index (χ1v) is 9.74. The van der Waals surface area contributed by atoms with E-state index in [9.17, 15) is 31.1 Å². The molecular formula is C18H21F6N3O5. The SMILES string of the molecule is C=C(CCNC(=O)CO[C@H]1C[C@@H](OC(F)(F)F)C1)c1nnc([C@H]2C[C@H]2COC(F)(F)F)o1. The molecule has 8 nitrogen and oxygen atoms in total. The molecule has 2 saturated carbocycles. The Morgan fingerprint density at radius 1 is 1.09 bits per heavy atom. The molecule has 1 heterocycles. The molecule has 0 bridgehead atoms. The Bertz CT molecular complexity index is 806. The molecule has 0 aliphatic heterocycles. The number of ether oxygens (including phenoxy) is 3. The lowest BCUT2D eigenvalue weighted by atomic mass is 9.92. The number of nitrogens with one attached hydrogen (secondary N) is 1. The largest absolute Gasteiger partial charge is 0.522 e. The van der Waals surface area contributed by atoms with E-state index in [0.717, 1.165) is 0 Å². The van der Waals surface area contributed by atoms with Crippen LogP contribution in [0.25, 0.3) is 5.57 Å². The highest BCUT2D eigenvalue weighted by molar-refractivity contribution is 5.77. The van der Waals surface area contributed by atoms with Gasteiger partial charge in [-0.25, -0.2) is 0 Å². The fourth-order valence-electron chi connectivity index (χ4n) is 3.11. The number of halogens is 6. The predicted octanol–water partition coefficient (Wildman–Crippen LogP) is 3.31. The molecule has 0 saturated heterocycles. The zero-order chi connectivity index (χ0) is 23.5. The monoisotopic (exact) mass is 473 g/mol. The normalized spacial score (nSPS) is 25.3. The van der Waals surface area contributed by atoms with Crippen LogP contribution in [0, 0.1) is 5.92 Å². The van der Waals surface area contributed by atoms with Gasteiger partial charge in [0.05, 0.1) is 18.8 Å². The number of carbonyl (C=O) groups is 1. The number of amides is 1. The Morgan fingerprint density at radius 3 is 2.47 bits per heavy atom. The van der Waals surface area contributed by atoms with E-state index in [2.05, 4.69) is 31.6 Å². The van der Waals surface area contributed by atoms with Crippen LogP contribution < -0.4 is 5.32 Å². The summed E-state index contributed by atoms with van der Waals surface area (Å²) in [4.78, 5) is 11.8. The molecule has 2 atom stereocenters. The minimum absolute atomic E-state index is 0.0628. The molecule has 2 aliphatic carbocycles. The van der Waals surface area contributed by atoms with Crippen molar-refractivity contribution >= 4 is 11.5 Å². The van der Waals surface area contributed by atoms with Gasteiger partial charge in [-0.05, 0) is 18.8 Å². The van der Waals surface area contributed by atoms with Crippen LogP contribution in [-0.2, 0) is 19.0 Å². The van der Waals surface area contributed by atoms with E-state index in [4.69, 9.17) is 9.15 Å². The average molecular weight is 473 g/mol. The highest BCUT2D eigenvalue weighted by Gasteiger charge is 2.45. The van der Waals surface area contributed by atoms with Crippen molar-refractivity contribution in [2.75, 3.05) is 19.8 Å². The van der Waals surface area contributed by atoms with E-state index < -0.39 is 37.4 Å². The van der Waals surface area contributed by atoms with Crippen LogP contribution >= 0.6 is 0 Å². The number of hydrogen-bond acceptors (Lipinski definition) is 7. The number of aromatic nitrogens is 2. The van der Waals surface area contributed by atoms with Gasteiger partial charge in [0.1, 0.15) is 6.61 Å². The second kappa shape index (κ2) is 9.75. The van der Waals surface area contributed by atoms with Crippen molar-refractivity contribution < 1.29 is 49.8 Å². The summed E-state index contributed by atoms with van der Waals surface area (Å²) in [5.74, 6) is -0.755. The third-order valence-electron chi connectivity index (χ3n) is 4.99. The fourth-order valence-corrected chi connectivity index (χ4v) is 3.11. The van der Waals surface area contributed by atoms with Crippen molar-refractivity contribution in [2.45, 2.75) is 56.5 Å². The summed E-state index contributed by atoms with van der Waals surface area (Å²) in [5, 5.41) is 10.2. The quantitative estimate of drug-likeness (QED) is 0.493. The zero-order valence-corrected chi connectivity index (χ0v) is 16.7. The maximum atomic E-state index is 12.1. The molecule has 32 heavy (non-hydrogen) atoms. The number of hydrogen-bond donors (Lipinski definition) is 1. The van der Waals surface area contributed by atoms with E-state index in [0.29, 0.717) is 12.0 Å². The van der Waals surface area contributed by atoms with Crippen LogP contribution in [-0.4, -0.2) is 60.8 Å². The summed E-state index contributed by atoms with van der Waals surface area (Å²) in [6.45, 7) is 3.18. The first-order chi connectivity index (χ1) is 14.9. The minimum atomic E-state index is -4.68. The average Bonchev–Trinajstić information content (AvgIpc) is 3.25. The van der Waals surface area contributed by atoms with Crippen molar-refractivity contribution in [1.29, 1.82) is 0 Å². The van der Waals surface area contributed by atoms with Crippen molar-refractivity contribution in [3.8, 4) is 0 Å². The molecule has 2 aliphatic rings. The number of rotatable bonds is 11. The maximum Gasteiger partial charge on any atom is 0.522 e. The molecular weight excluding hydrogens is 452 g/mol. The van der Waals surface area contributed by atoms with E-state index in [1.165, 1.54) is 0 Å². The molecule has 14 heteroatoms. The summed E-state index contributed by atoms with van der Waals surface area (Å²) in [7, 11) is 0. The van der Waals surface area contributed by atoms with Crippen LogP contribution in [0.5, 0.6) is 0 Å². The summed E-state index contributed by atoms with van der Waals surface area (Å²) >= 11 is 0. The van der Waals surface area contributed by atoms with E-state index in [1.54, 1.807) is 0 Å². The Balaban J connectivity index is 1.28. The summed E-state index contributed by atoms with van der Waals surface area (Å²) in [6, 6.07) is 0. The van der Waals surface area contributed by atoms with Gasteiger partial charge in [-0.15, -0.1) is 36.5 Å². The summed E-state index contributed by atoms with van der Waals surface area (Å²) in [6.07, 6.45) is -9.94. The Kier molecular flexibility index (Phi) is 7.45. The third kappa shape index (κ3) is 7.74. The molecule has 1 N–H and O–H groups in total. The summed E-state index contributed by atoms with van der Waals surface area (Å²) in [5.41, 5.74) is 0.430. The highest BCUT2D eigenvalue weighted by atomic mass is 19.4. The van der Waals surface area contributed by atoms with E-state index in [-0.39, 0.29) is 56.0 Å². The topological polar surface area (TPSA) is 95.7 Å². The minimum Gasteiger partial charge on any atom is -0.421 e. The first-order valence-electron chi connectivity index (χ1n) is 9.74. The Hall–Kier alpha value is -2.19. The molecule has 0 spiro atoms. The van der Waals surface area contributed by atoms with Gasteiger partial charge in [0, 0.05) is 30.9 Å². The summed E-state index contributed by atoms with van der Waals surface area (Å²) < 4.78 is 90.6.